The highest BCUT2D eigenvalue weighted by atomic mass is 13.4. The zero-order chi connectivity index (χ0) is 7.41. The molecule has 0 saturated carbocycles. The molecule has 0 spiro atoms. The SMILES string of the molecule is C#C.C#C.C=CC=C. The molecule has 0 rings (SSSR count). The zero-order valence-electron chi connectivity index (χ0n) is 4.88. The van der Waals surface area contributed by atoms with Gasteiger partial charge in [0, 0.05) is 0 Å². The van der Waals surface area contributed by atoms with Crippen molar-refractivity contribution in [3.63, 3.8) is 0 Å². The second kappa shape index (κ2) is 329. The summed E-state index contributed by atoms with van der Waals surface area (Å²) in [4.78, 5) is 0. The van der Waals surface area contributed by atoms with E-state index in [2.05, 4.69) is 38.9 Å². The Bertz CT molecular complexity index is 60.5. The quantitative estimate of drug-likeness (QED) is 0.353. The van der Waals surface area contributed by atoms with E-state index >= 15 is 0 Å². The largest absolute Gasteiger partial charge is 0.124 e. The van der Waals surface area contributed by atoms with Crippen LogP contribution < -0.4 is 0 Å². The molecule has 0 aromatic carbocycles. The lowest BCUT2D eigenvalue weighted by molar-refractivity contribution is 2.15. The smallest absolute Gasteiger partial charge is 0.0701 e. The number of allylic oxidation sites excluding steroid dienone is 2. The van der Waals surface area contributed by atoms with Crippen LogP contribution in [0.3, 0.4) is 0 Å². The van der Waals surface area contributed by atoms with Gasteiger partial charge in [0.05, 0.1) is 0 Å². The molecule has 0 atom stereocenters. The molecule has 8 heavy (non-hydrogen) atoms. The molecular formula is C8H10. The Hall–Kier alpha value is -1.40. The Morgan fingerprint density at radius 2 is 0.875 bits per heavy atom. The molecule has 0 aromatic heterocycles. The maximum absolute atomic E-state index is 4.00. The van der Waals surface area contributed by atoms with E-state index in [4.69, 9.17) is 0 Å². The fraction of sp³-hybridized carbons (Fsp3) is 0. The van der Waals surface area contributed by atoms with E-state index in [1.165, 1.54) is 0 Å². The molecule has 0 amide bonds. The predicted molar refractivity (Wildman–Crippen MR) is 40.2 cm³/mol. The number of rotatable bonds is 1. The van der Waals surface area contributed by atoms with Crippen molar-refractivity contribution in [1.82, 2.24) is 0 Å². The molecule has 0 radical (unpaired) electrons. The van der Waals surface area contributed by atoms with Crippen molar-refractivity contribution >= 4 is 0 Å². The minimum absolute atomic E-state index is 1.64. The summed E-state index contributed by atoms with van der Waals surface area (Å²) in [6.07, 6.45) is 19.3. The summed E-state index contributed by atoms with van der Waals surface area (Å²) in [7, 11) is 0. The van der Waals surface area contributed by atoms with Crippen LogP contribution in [0.2, 0.25) is 0 Å². The fourth-order valence-corrected chi connectivity index (χ4v) is 0. The fourth-order valence-electron chi connectivity index (χ4n) is 0. The van der Waals surface area contributed by atoms with Gasteiger partial charge < -0.3 is 0 Å². The average molecular weight is 106 g/mol. The van der Waals surface area contributed by atoms with E-state index < -0.39 is 0 Å². The van der Waals surface area contributed by atoms with Crippen LogP contribution in [-0.2, 0) is 0 Å². The molecule has 0 bridgehead atoms. The van der Waals surface area contributed by atoms with Gasteiger partial charge in [-0.3, -0.25) is 0 Å². The third-order valence-electron chi connectivity index (χ3n) is 0.167. The van der Waals surface area contributed by atoms with Crippen molar-refractivity contribution in [2.45, 2.75) is 0 Å². The first-order valence-corrected chi connectivity index (χ1v) is 1.82. The van der Waals surface area contributed by atoms with Crippen LogP contribution >= 0.6 is 0 Å². The van der Waals surface area contributed by atoms with E-state index in [-0.39, 0.29) is 0 Å². The summed E-state index contributed by atoms with van der Waals surface area (Å²) in [5.74, 6) is 0. The minimum Gasteiger partial charge on any atom is -0.124 e. The monoisotopic (exact) mass is 106 g/mol. The first kappa shape index (κ1) is 16.0. The van der Waals surface area contributed by atoms with Gasteiger partial charge in [-0.2, -0.15) is 0 Å². The Morgan fingerprint density at radius 1 is 0.750 bits per heavy atom. The molecule has 0 heterocycles. The van der Waals surface area contributed by atoms with Gasteiger partial charge in [-0.25, -0.2) is 0 Å². The maximum atomic E-state index is 4.00. The summed E-state index contributed by atoms with van der Waals surface area (Å²) in [5.41, 5.74) is 0. The van der Waals surface area contributed by atoms with Gasteiger partial charge in [0.2, 0.25) is 0 Å². The van der Waals surface area contributed by atoms with Crippen molar-refractivity contribution < 1.29 is 0 Å². The lowest BCUT2D eigenvalue weighted by Crippen LogP contribution is -1.21. The highest BCUT2D eigenvalue weighted by molar-refractivity contribution is 4.88. The normalized spacial score (nSPS) is 3.00. The van der Waals surface area contributed by atoms with Gasteiger partial charge in [-0.05, 0) is 0 Å². The first-order chi connectivity index (χ1) is 3.91. The Labute approximate surface area is 51.9 Å². The van der Waals surface area contributed by atoms with Crippen molar-refractivity contribution in [2.24, 2.45) is 0 Å². The van der Waals surface area contributed by atoms with Gasteiger partial charge in [0.15, 0.2) is 0 Å². The summed E-state index contributed by atoms with van der Waals surface area (Å²) in [5, 5.41) is 0. The molecule has 0 aliphatic carbocycles. The highest BCUT2D eigenvalue weighted by Gasteiger charge is 1.29. The summed E-state index contributed by atoms with van der Waals surface area (Å²) in [6, 6.07) is 0. The Morgan fingerprint density at radius 3 is 0.875 bits per heavy atom. The van der Waals surface area contributed by atoms with Gasteiger partial charge >= 0.3 is 0 Å². The van der Waals surface area contributed by atoms with Gasteiger partial charge in [0.1, 0.15) is 0 Å². The highest BCUT2D eigenvalue weighted by Crippen LogP contribution is 1.52. The third-order valence-corrected chi connectivity index (χ3v) is 0.167. The Kier molecular flexibility index (Phi) is 657. The molecule has 0 heteroatoms. The van der Waals surface area contributed by atoms with E-state index in [0.29, 0.717) is 0 Å². The molecule has 0 fully saturated rings. The molecule has 0 aromatic rings. The molecule has 0 aliphatic rings. The molecule has 42 valence electrons. The number of hydrogen-bond acceptors (Lipinski definition) is 0. The minimum atomic E-state index is 1.64. The second-order valence-corrected chi connectivity index (χ2v) is 0.471. The van der Waals surface area contributed by atoms with Gasteiger partial charge in [0.25, 0.3) is 0 Å². The van der Waals surface area contributed by atoms with Crippen LogP contribution in [0.4, 0.5) is 0 Å². The second-order valence-electron chi connectivity index (χ2n) is 0.471. The van der Waals surface area contributed by atoms with E-state index in [1.807, 2.05) is 0 Å². The standard InChI is InChI=1S/C4H6.2C2H2/c1-3-4-2;2*1-2/h3-4H,1-2H2;2*1-2H. The molecule has 0 aliphatic heterocycles. The number of hydrogen-bond donors (Lipinski definition) is 0. The molecule has 0 unspecified atom stereocenters. The van der Waals surface area contributed by atoms with Gasteiger partial charge in [-0.15, -0.1) is 25.7 Å². The van der Waals surface area contributed by atoms with Crippen LogP contribution in [-0.4, -0.2) is 0 Å². The lowest BCUT2D eigenvalue weighted by Gasteiger charge is -1.44. The van der Waals surface area contributed by atoms with Crippen LogP contribution in [0.5, 0.6) is 0 Å². The third kappa shape index (κ3) is 373. The van der Waals surface area contributed by atoms with Crippen molar-refractivity contribution in [2.75, 3.05) is 0 Å². The van der Waals surface area contributed by atoms with Gasteiger partial charge in [-0.1, -0.05) is 25.3 Å². The molecule has 0 N–H and O–H groups in total. The van der Waals surface area contributed by atoms with Crippen molar-refractivity contribution in [3.05, 3.63) is 25.3 Å². The van der Waals surface area contributed by atoms with Crippen LogP contribution in [0.1, 0.15) is 0 Å². The summed E-state index contributed by atoms with van der Waals surface area (Å²) < 4.78 is 0. The molecular weight excluding hydrogens is 96.1 g/mol. The molecule has 0 nitrogen and oxygen atoms in total. The Balaban J connectivity index is -0.0000000542. The van der Waals surface area contributed by atoms with Crippen LogP contribution in [0, 0.1) is 25.7 Å². The van der Waals surface area contributed by atoms with Crippen molar-refractivity contribution in [1.29, 1.82) is 0 Å². The van der Waals surface area contributed by atoms with Crippen molar-refractivity contribution in [3.8, 4) is 25.7 Å². The lowest BCUT2D eigenvalue weighted by atomic mass is 10.6. The van der Waals surface area contributed by atoms with Crippen LogP contribution in [0.15, 0.2) is 25.3 Å². The average Bonchev–Trinajstić information content (AvgIpc) is 1.96. The van der Waals surface area contributed by atoms with E-state index in [0.717, 1.165) is 0 Å². The van der Waals surface area contributed by atoms with E-state index in [9.17, 15) is 0 Å². The first-order valence-electron chi connectivity index (χ1n) is 1.82. The predicted octanol–water partition coefficient (Wildman–Crippen LogP) is 1.86. The number of terminal acetylenes is 2. The zero-order valence-corrected chi connectivity index (χ0v) is 4.88. The van der Waals surface area contributed by atoms with Crippen LogP contribution in [0.25, 0.3) is 0 Å². The summed E-state index contributed by atoms with van der Waals surface area (Å²) in [6.45, 7) is 6.72. The summed E-state index contributed by atoms with van der Waals surface area (Å²) >= 11 is 0. The maximum Gasteiger partial charge on any atom is -0.0701 e. The van der Waals surface area contributed by atoms with E-state index in [1.54, 1.807) is 12.2 Å². The molecule has 0 saturated heterocycles. The topological polar surface area (TPSA) is 0 Å².